The van der Waals surface area contributed by atoms with Crippen LogP contribution in [0.3, 0.4) is 0 Å². The number of rotatable bonds is 45. The van der Waals surface area contributed by atoms with E-state index in [4.69, 9.17) is 18.9 Å². The maximum Gasteiger partial charge on any atom is 0.220 e. The van der Waals surface area contributed by atoms with Gasteiger partial charge in [-0.05, 0) is 32.1 Å². The van der Waals surface area contributed by atoms with E-state index in [-0.39, 0.29) is 18.9 Å². The van der Waals surface area contributed by atoms with Gasteiger partial charge in [0, 0.05) is 6.42 Å². The van der Waals surface area contributed by atoms with Gasteiger partial charge in [-0.2, -0.15) is 0 Å². The zero-order valence-electron chi connectivity index (χ0n) is 44.0. The van der Waals surface area contributed by atoms with Gasteiger partial charge in [-0.1, -0.05) is 218 Å². The summed E-state index contributed by atoms with van der Waals surface area (Å²) in [5.74, 6) is -0.247. The van der Waals surface area contributed by atoms with E-state index in [0.29, 0.717) is 12.8 Å². The average molecular weight is 1000 g/mol. The Labute approximate surface area is 424 Å². The molecule has 12 unspecified atom stereocenters. The first kappa shape index (κ1) is 64.6. The van der Waals surface area contributed by atoms with E-state index in [9.17, 15) is 45.6 Å². The molecule has 2 rings (SSSR count). The van der Waals surface area contributed by atoms with Crippen molar-refractivity contribution in [1.82, 2.24) is 5.32 Å². The Morgan fingerprint density at radius 2 is 0.914 bits per heavy atom. The Morgan fingerprint density at radius 3 is 1.40 bits per heavy atom. The minimum atomic E-state index is -1.79. The number of unbranched alkanes of at least 4 members (excludes halogenated alkanes) is 30. The van der Waals surface area contributed by atoms with Crippen molar-refractivity contribution >= 4 is 5.91 Å². The van der Waals surface area contributed by atoms with Crippen molar-refractivity contribution in [2.45, 2.75) is 306 Å². The normalized spacial score (nSPS) is 26.1. The first-order valence-corrected chi connectivity index (χ1v) is 28.6. The molecule has 1 amide bonds. The van der Waals surface area contributed by atoms with E-state index >= 15 is 0 Å². The van der Waals surface area contributed by atoms with Crippen LogP contribution in [0.5, 0.6) is 0 Å². The topological polar surface area (TPSA) is 228 Å². The van der Waals surface area contributed by atoms with Crippen molar-refractivity contribution in [3.63, 3.8) is 0 Å². The maximum absolute atomic E-state index is 13.2. The number of amides is 1. The van der Waals surface area contributed by atoms with Gasteiger partial charge in [0.2, 0.25) is 5.91 Å². The number of aliphatic hydroxyl groups excluding tert-OH is 8. The van der Waals surface area contributed by atoms with Crippen LogP contribution in [0.1, 0.15) is 232 Å². The van der Waals surface area contributed by atoms with Crippen LogP contribution in [-0.2, 0) is 23.7 Å². The smallest absolute Gasteiger partial charge is 0.220 e. The highest BCUT2D eigenvalue weighted by molar-refractivity contribution is 5.76. The average Bonchev–Trinajstić information content (AvgIpc) is 3.36. The fourth-order valence-electron chi connectivity index (χ4n) is 9.48. The van der Waals surface area contributed by atoms with Crippen molar-refractivity contribution < 1.29 is 64.6 Å². The highest BCUT2D eigenvalue weighted by Crippen LogP contribution is 2.30. The van der Waals surface area contributed by atoms with Crippen molar-refractivity contribution in [2.75, 3.05) is 19.8 Å². The van der Waals surface area contributed by atoms with Gasteiger partial charge in [0.1, 0.15) is 48.8 Å². The highest BCUT2D eigenvalue weighted by Gasteiger charge is 2.51. The van der Waals surface area contributed by atoms with Crippen LogP contribution < -0.4 is 5.32 Å². The maximum atomic E-state index is 13.2. The van der Waals surface area contributed by atoms with Crippen LogP contribution in [0.4, 0.5) is 0 Å². The lowest BCUT2D eigenvalue weighted by atomic mass is 9.97. The third-order valence-electron chi connectivity index (χ3n) is 14.1. The third kappa shape index (κ3) is 28.8. The summed E-state index contributed by atoms with van der Waals surface area (Å²) in [5, 5.41) is 86.9. The number of allylic oxidation sites excluding steroid dienone is 3. The van der Waals surface area contributed by atoms with Gasteiger partial charge in [0.05, 0.1) is 32.0 Å². The standard InChI is InChI=1S/C56H105NO13/c1-3-5-7-9-11-13-15-17-19-20-21-22-23-24-25-26-27-29-31-33-35-37-39-45(60)44(57-48(61)40-38-36-34-32-30-28-18-16-14-12-10-8-6-4-2)43-67-55-53(66)51(64)54(47(42-59)69-55)70-56-52(65)50(63)49(62)46(41-58)68-56/h29,31,37,39,44-47,49-56,58-60,62-66H,3-28,30,32-36,38,40-43H2,1-2H3,(H,57,61)/b31-29+,39-37+. The summed E-state index contributed by atoms with van der Waals surface area (Å²) in [6, 6.07) is -0.926. The molecule has 2 heterocycles. The van der Waals surface area contributed by atoms with E-state index in [0.717, 1.165) is 32.1 Å². The van der Waals surface area contributed by atoms with Gasteiger partial charge >= 0.3 is 0 Å². The van der Waals surface area contributed by atoms with Gasteiger partial charge in [-0.15, -0.1) is 0 Å². The molecule has 412 valence electrons. The molecule has 14 nitrogen and oxygen atoms in total. The summed E-state index contributed by atoms with van der Waals surface area (Å²) in [6.45, 7) is 2.79. The van der Waals surface area contributed by atoms with E-state index < -0.39 is 86.8 Å². The Kier molecular flexibility index (Phi) is 39.5. The van der Waals surface area contributed by atoms with Crippen LogP contribution in [-0.4, -0.2) is 140 Å². The summed E-state index contributed by atoms with van der Waals surface area (Å²) in [4.78, 5) is 13.2. The molecule has 0 radical (unpaired) electrons. The minimum Gasteiger partial charge on any atom is -0.394 e. The summed E-state index contributed by atoms with van der Waals surface area (Å²) in [7, 11) is 0. The lowest BCUT2D eigenvalue weighted by Crippen LogP contribution is -2.65. The molecule has 70 heavy (non-hydrogen) atoms. The molecule has 9 N–H and O–H groups in total. The second-order valence-electron chi connectivity index (χ2n) is 20.4. The molecule has 14 heteroatoms. The monoisotopic (exact) mass is 1000 g/mol. The van der Waals surface area contributed by atoms with E-state index in [1.54, 1.807) is 6.08 Å². The lowest BCUT2D eigenvalue weighted by molar-refractivity contribution is -0.359. The van der Waals surface area contributed by atoms with Crippen molar-refractivity contribution in [3.05, 3.63) is 24.3 Å². The van der Waals surface area contributed by atoms with E-state index in [1.807, 2.05) is 6.08 Å². The van der Waals surface area contributed by atoms with Gasteiger partial charge in [-0.25, -0.2) is 0 Å². The van der Waals surface area contributed by atoms with E-state index in [2.05, 4.69) is 31.3 Å². The van der Waals surface area contributed by atoms with Crippen LogP contribution in [0, 0.1) is 0 Å². The number of carbonyl (C=O) groups excluding carboxylic acids is 1. The second kappa shape index (κ2) is 42.8. The molecule has 0 aromatic carbocycles. The van der Waals surface area contributed by atoms with Crippen molar-refractivity contribution in [2.24, 2.45) is 0 Å². The molecular weight excluding hydrogens is 895 g/mol. The lowest BCUT2D eigenvalue weighted by Gasteiger charge is -2.46. The molecule has 0 aliphatic carbocycles. The molecule has 12 atom stereocenters. The molecule has 0 spiro atoms. The Hall–Kier alpha value is -1.53. The highest BCUT2D eigenvalue weighted by atomic mass is 16.7. The van der Waals surface area contributed by atoms with Crippen LogP contribution in [0.25, 0.3) is 0 Å². The number of hydrogen-bond donors (Lipinski definition) is 9. The van der Waals surface area contributed by atoms with Crippen LogP contribution >= 0.6 is 0 Å². The summed E-state index contributed by atoms with van der Waals surface area (Å²) in [5.41, 5.74) is 0. The molecule has 0 aromatic rings. The molecule has 2 aliphatic rings. The predicted octanol–water partition coefficient (Wildman–Crippen LogP) is 8.89. The van der Waals surface area contributed by atoms with Crippen LogP contribution in [0.2, 0.25) is 0 Å². The summed E-state index contributed by atoms with van der Waals surface area (Å²) >= 11 is 0. The van der Waals surface area contributed by atoms with E-state index in [1.165, 1.54) is 167 Å². The number of nitrogens with one attached hydrogen (secondary N) is 1. The van der Waals surface area contributed by atoms with Gasteiger partial charge < -0.3 is 65.1 Å². The molecule has 2 fully saturated rings. The molecule has 2 aliphatic heterocycles. The summed E-state index contributed by atoms with van der Waals surface area (Å²) in [6.07, 6.45) is 32.2. The SMILES string of the molecule is CCCCCCCCCCCCCCCCCC/C=C/CC/C=C/C(O)C(COC1OC(CO)C(OC2OC(CO)C(O)C(O)C2O)C(O)C1O)NC(=O)CCCCCCCCCCCCCCCC. The summed E-state index contributed by atoms with van der Waals surface area (Å²) < 4.78 is 22.7. The zero-order valence-corrected chi connectivity index (χ0v) is 44.0. The number of carbonyl (C=O) groups is 1. The first-order chi connectivity index (χ1) is 34.1. The fourth-order valence-corrected chi connectivity index (χ4v) is 9.48. The quantitative estimate of drug-likeness (QED) is 0.0205. The Morgan fingerprint density at radius 1 is 0.500 bits per heavy atom. The predicted molar refractivity (Wildman–Crippen MR) is 277 cm³/mol. The number of aliphatic hydroxyl groups is 8. The zero-order chi connectivity index (χ0) is 51.0. The van der Waals surface area contributed by atoms with Crippen molar-refractivity contribution in [3.8, 4) is 0 Å². The third-order valence-corrected chi connectivity index (χ3v) is 14.1. The second-order valence-corrected chi connectivity index (χ2v) is 20.4. The van der Waals surface area contributed by atoms with Gasteiger partial charge in [0.25, 0.3) is 0 Å². The molecule has 2 saturated heterocycles. The van der Waals surface area contributed by atoms with Crippen LogP contribution in [0.15, 0.2) is 24.3 Å². The molecule has 0 bridgehead atoms. The molecular formula is C56H105NO13. The fraction of sp³-hybridized carbons (Fsp3) is 0.911. The largest absolute Gasteiger partial charge is 0.394 e. The molecule has 0 aromatic heterocycles. The number of ether oxygens (including phenoxy) is 4. The first-order valence-electron chi connectivity index (χ1n) is 28.6. The number of hydrogen-bond acceptors (Lipinski definition) is 13. The molecule has 0 saturated carbocycles. The Bertz CT molecular complexity index is 1270. The van der Waals surface area contributed by atoms with Crippen molar-refractivity contribution in [1.29, 1.82) is 0 Å². The minimum absolute atomic E-state index is 0.247. The van der Waals surface area contributed by atoms with Gasteiger partial charge in [-0.3, -0.25) is 4.79 Å². The Balaban J connectivity index is 1.80. The van der Waals surface area contributed by atoms with Gasteiger partial charge in [0.15, 0.2) is 12.6 Å².